The number of nitrogens with zero attached hydrogens (tertiary/aromatic N) is 1. The summed E-state index contributed by atoms with van der Waals surface area (Å²) in [5.74, 6) is 0. The molecule has 1 aromatic carbocycles. The summed E-state index contributed by atoms with van der Waals surface area (Å²) in [6.07, 6.45) is 6.08. The number of nitrogens with one attached hydrogen (secondary N) is 3. The van der Waals surface area contributed by atoms with Gasteiger partial charge in [0.2, 0.25) is 0 Å². The Balaban J connectivity index is 1.68. The van der Waals surface area contributed by atoms with Crippen LogP contribution in [0.5, 0.6) is 0 Å². The number of urea groups is 1. The number of hydrogen-bond acceptors (Lipinski definition) is 3. The molecule has 3 rings (SSSR count). The van der Waals surface area contributed by atoms with Crippen LogP contribution in [-0.4, -0.2) is 21.1 Å². The monoisotopic (exact) mass is 352 g/mol. The molecule has 0 saturated carbocycles. The maximum Gasteiger partial charge on any atom is 0.323 e. The lowest BCUT2D eigenvalue weighted by molar-refractivity contribution is 0.194. The van der Waals surface area contributed by atoms with Crippen molar-refractivity contribution in [3.05, 3.63) is 54.0 Å². The van der Waals surface area contributed by atoms with Gasteiger partial charge in [0, 0.05) is 17.3 Å². The minimum Gasteiger partial charge on any atom is -0.387 e. The molecule has 0 bridgehead atoms. The van der Waals surface area contributed by atoms with Crippen LogP contribution in [0.15, 0.2) is 42.7 Å². The molecular weight excluding hydrogens is 328 g/mol. The first kappa shape index (κ1) is 17.9. The summed E-state index contributed by atoms with van der Waals surface area (Å²) in [4.78, 5) is 19.5. The Kier molecular flexibility index (Phi) is 5.53. The van der Waals surface area contributed by atoms with Gasteiger partial charge >= 0.3 is 6.03 Å². The van der Waals surface area contributed by atoms with Gasteiger partial charge in [-0.05, 0) is 43.5 Å². The van der Waals surface area contributed by atoms with Gasteiger partial charge in [0.1, 0.15) is 0 Å². The first-order chi connectivity index (χ1) is 12.6. The Hall–Kier alpha value is -2.86. The van der Waals surface area contributed by atoms with Crippen molar-refractivity contribution in [1.82, 2.24) is 9.97 Å². The van der Waals surface area contributed by atoms with E-state index in [0.29, 0.717) is 11.4 Å². The standard InChI is InChI=1S/C20H24N4O2/c1-3-4-5-14-6-8-15(9-7-14)23-20(26)24-19-12-22-18-11-21-17(13(2)25)10-16(18)19/h6-13,22,25H,3-5H2,1-2H3,(H2,23,24,26). The predicted molar refractivity (Wildman–Crippen MR) is 104 cm³/mol. The SMILES string of the molecule is CCCCc1ccc(NC(=O)Nc2c[nH]c3cnc(C(C)O)cc23)cc1. The minimum atomic E-state index is -0.665. The number of H-pyrrole nitrogens is 1. The van der Waals surface area contributed by atoms with Crippen molar-refractivity contribution in [3.63, 3.8) is 0 Å². The Labute approximate surface area is 152 Å². The summed E-state index contributed by atoms with van der Waals surface area (Å²) >= 11 is 0. The molecule has 4 N–H and O–H groups in total. The topological polar surface area (TPSA) is 90.0 Å². The number of anilines is 2. The van der Waals surface area contributed by atoms with Crippen LogP contribution in [0.2, 0.25) is 0 Å². The first-order valence-corrected chi connectivity index (χ1v) is 8.89. The lowest BCUT2D eigenvalue weighted by Gasteiger charge is -2.08. The molecule has 6 nitrogen and oxygen atoms in total. The lowest BCUT2D eigenvalue weighted by Crippen LogP contribution is -2.19. The number of aliphatic hydroxyl groups is 1. The van der Waals surface area contributed by atoms with Crippen molar-refractivity contribution in [2.45, 2.75) is 39.2 Å². The van der Waals surface area contributed by atoms with Crippen LogP contribution in [0.4, 0.5) is 16.2 Å². The zero-order valence-electron chi connectivity index (χ0n) is 15.0. The molecule has 136 valence electrons. The molecule has 2 amide bonds. The lowest BCUT2D eigenvalue weighted by atomic mass is 10.1. The maximum atomic E-state index is 12.3. The van der Waals surface area contributed by atoms with Gasteiger partial charge in [-0.2, -0.15) is 0 Å². The molecule has 2 heterocycles. The van der Waals surface area contributed by atoms with Crippen molar-refractivity contribution in [2.75, 3.05) is 10.6 Å². The second kappa shape index (κ2) is 8.01. The summed E-state index contributed by atoms with van der Waals surface area (Å²) in [5.41, 5.74) is 4.01. The second-order valence-corrected chi connectivity index (χ2v) is 6.41. The highest BCUT2D eigenvalue weighted by atomic mass is 16.3. The molecule has 1 unspecified atom stereocenters. The summed E-state index contributed by atoms with van der Waals surface area (Å²) in [5, 5.41) is 16.2. The fraction of sp³-hybridized carbons (Fsp3) is 0.300. The van der Waals surface area contributed by atoms with Crippen LogP contribution >= 0.6 is 0 Å². The summed E-state index contributed by atoms with van der Waals surface area (Å²) in [6.45, 7) is 3.83. The molecule has 0 radical (unpaired) electrons. The number of benzene rings is 1. The Bertz CT molecular complexity index is 884. The van der Waals surface area contributed by atoms with Crippen molar-refractivity contribution < 1.29 is 9.90 Å². The molecule has 0 saturated heterocycles. The van der Waals surface area contributed by atoms with Gasteiger partial charge in [-0.3, -0.25) is 4.98 Å². The van der Waals surface area contributed by atoms with Crippen LogP contribution in [-0.2, 0) is 6.42 Å². The zero-order valence-corrected chi connectivity index (χ0v) is 15.0. The van der Waals surface area contributed by atoms with E-state index in [1.807, 2.05) is 24.3 Å². The van der Waals surface area contributed by atoms with Crippen molar-refractivity contribution in [2.24, 2.45) is 0 Å². The molecule has 6 heteroatoms. The number of pyridine rings is 1. The average molecular weight is 352 g/mol. The van der Waals surface area contributed by atoms with E-state index in [1.165, 1.54) is 12.0 Å². The number of aromatic amines is 1. The van der Waals surface area contributed by atoms with E-state index in [1.54, 1.807) is 25.4 Å². The zero-order chi connectivity index (χ0) is 18.5. The number of amides is 2. The van der Waals surface area contributed by atoms with Gasteiger partial charge in [0.05, 0.1) is 29.2 Å². The number of aromatic nitrogens is 2. The molecule has 0 aliphatic rings. The number of carbonyl (C=O) groups is 1. The summed E-state index contributed by atoms with van der Waals surface area (Å²) in [6, 6.07) is 9.36. The van der Waals surface area contributed by atoms with E-state index in [4.69, 9.17) is 0 Å². The number of carbonyl (C=O) groups excluding carboxylic acids is 1. The van der Waals surface area contributed by atoms with Gasteiger partial charge in [-0.15, -0.1) is 0 Å². The highest BCUT2D eigenvalue weighted by Gasteiger charge is 2.11. The number of hydrogen-bond donors (Lipinski definition) is 4. The van der Waals surface area contributed by atoms with Crippen LogP contribution in [0.3, 0.4) is 0 Å². The average Bonchev–Trinajstić information content (AvgIpc) is 3.03. The number of unbranched alkanes of at least 4 members (excludes halogenated alkanes) is 1. The predicted octanol–water partition coefficient (Wildman–Crippen LogP) is 4.60. The molecule has 0 fully saturated rings. The van der Waals surface area contributed by atoms with Gasteiger partial charge in [-0.1, -0.05) is 25.5 Å². The smallest absolute Gasteiger partial charge is 0.323 e. The van der Waals surface area contributed by atoms with Crippen LogP contribution in [0.1, 0.15) is 44.1 Å². The number of aliphatic hydroxyl groups excluding tert-OH is 1. The molecule has 26 heavy (non-hydrogen) atoms. The van der Waals surface area contributed by atoms with E-state index in [2.05, 4.69) is 27.5 Å². The molecule has 0 spiro atoms. The van der Waals surface area contributed by atoms with E-state index < -0.39 is 6.10 Å². The highest BCUT2D eigenvalue weighted by Crippen LogP contribution is 2.25. The molecule has 1 atom stereocenters. The molecule has 2 aromatic heterocycles. The quantitative estimate of drug-likeness (QED) is 0.522. The summed E-state index contributed by atoms with van der Waals surface area (Å²) in [7, 11) is 0. The molecule has 0 aliphatic heterocycles. The van der Waals surface area contributed by atoms with Crippen molar-refractivity contribution in [3.8, 4) is 0 Å². The van der Waals surface area contributed by atoms with E-state index >= 15 is 0 Å². The maximum absolute atomic E-state index is 12.3. The van der Waals surface area contributed by atoms with Crippen LogP contribution in [0, 0.1) is 0 Å². The third-order valence-corrected chi connectivity index (χ3v) is 4.29. The first-order valence-electron chi connectivity index (χ1n) is 8.89. The second-order valence-electron chi connectivity index (χ2n) is 6.41. The number of rotatable bonds is 6. The molecule has 0 aliphatic carbocycles. The largest absolute Gasteiger partial charge is 0.387 e. The minimum absolute atomic E-state index is 0.317. The summed E-state index contributed by atoms with van der Waals surface area (Å²) < 4.78 is 0. The van der Waals surface area contributed by atoms with Gasteiger partial charge in [0.25, 0.3) is 0 Å². The Morgan fingerprint density at radius 2 is 2.04 bits per heavy atom. The third kappa shape index (κ3) is 4.21. The van der Waals surface area contributed by atoms with Gasteiger partial charge in [-0.25, -0.2) is 4.79 Å². The number of aryl methyl sites for hydroxylation is 1. The van der Waals surface area contributed by atoms with Crippen LogP contribution in [0.25, 0.3) is 10.9 Å². The fourth-order valence-electron chi connectivity index (χ4n) is 2.79. The van der Waals surface area contributed by atoms with Gasteiger partial charge in [0.15, 0.2) is 0 Å². The van der Waals surface area contributed by atoms with E-state index in [0.717, 1.165) is 29.4 Å². The molecule has 3 aromatic rings. The molecular formula is C20H24N4O2. The van der Waals surface area contributed by atoms with Crippen molar-refractivity contribution >= 4 is 28.3 Å². The Morgan fingerprint density at radius 1 is 1.27 bits per heavy atom. The third-order valence-electron chi connectivity index (χ3n) is 4.29. The number of fused-ring (bicyclic) bond motifs is 1. The van der Waals surface area contributed by atoms with Crippen molar-refractivity contribution in [1.29, 1.82) is 0 Å². The van der Waals surface area contributed by atoms with Crippen LogP contribution < -0.4 is 10.6 Å². The highest BCUT2D eigenvalue weighted by molar-refractivity contribution is 6.05. The normalized spacial score (nSPS) is 12.1. The fourth-order valence-corrected chi connectivity index (χ4v) is 2.79. The Morgan fingerprint density at radius 3 is 2.73 bits per heavy atom. The van der Waals surface area contributed by atoms with E-state index in [-0.39, 0.29) is 6.03 Å². The van der Waals surface area contributed by atoms with E-state index in [9.17, 15) is 9.90 Å². The van der Waals surface area contributed by atoms with Gasteiger partial charge < -0.3 is 20.7 Å².